The third-order valence-electron chi connectivity index (χ3n) is 3.54. The van der Waals surface area contributed by atoms with Crippen molar-refractivity contribution in [2.24, 2.45) is 0 Å². The van der Waals surface area contributed by atoms with Gasteiger partial charge < -0.3 is 15.5 Å². The summed E-state index contributed by atoms with van der Waals surface area (Å²) in [6, 6.07) is 8.60. The van der Waals surface area contributed by atoms with Gasteiger partial charge in [0, 0.05) is 12.6 Å². The minimum Gasteiger partial charge on any atom is -0.505 e. The number of aromatic hydroxyl groups is 1. The second-order valence-corrected chi connectivity index (χ2v) is 4.81. The fourth-order valence-corrected chi connectivity index (χ4v) is 2.54. The lowest BCUT2D eigenvalue weighted by atomic mass is 10.1. The number of pyridine rings is 1. The summed E-state index contributed by atoms with van der Waals surface area (Å²) in [6.45, 7) is 0. The molecule has 102 valence electrons. The molecule has 0 bridgehead atoms. The van der Waals surface area contributed by atoms with Crippen LogP contribution in [-0.2, 0) is 6.42 Å². The van der Waals surface area contributed by atoms with E-state index in [0.717, 1.165) is 11.1 Å². The van der Waals surface area contributed by atoms with Crippen LogP contribution in [0.5, 0.6) is 5.75 Å². The predicted molar refractivity (Wildman–Crippen MR) is 72.3 cm³/mol. The number of nitrogens with one attached hydrogen (secondary N) is 1. The van der Waals surface area contributed by atoms with Crippen molar-refractivity contribution in [2.45, 2.75) is 18.6 Å². The number of hydrogen-bond acceptors (Lipinski definition) is 4. The van der Waals surface area contributed by atoms with Gasteiger partial charge >= 0.3 is 0 Å². The Bertz CT molecular complexity index is 657. The summed E-state index contributed by atoms with van der Waals surface area (Å²) in [7, 11) is 0. The topological polar surface area (TPSA) is 82.5 Å². The van der Waals surface area contributed by atoms with Crippen LogP contribution in [0.25, 0.3) is 0 Å². The van der Waals surface area contributed by atoms with Crippen molar-refractivity contribution >= 4 is 5.91 Å². The van der Waals surface area contributed by atoms with Crippen LogP contribution in [0.2, 0.25) is 0 Å². The van der Waals surface area contributed by atoms with Crippen LogP contribution >= 0.6 is 0 Å². The summed E-state index contributed by atoms with van der Waals surface area (Å²) >= 11 is 0. The largest absolute Gasteiger partial charge is 0.505 e. The highest BCUT2D eigenvalue weighted by molar-refractivity contribution is 5.96. The smallest absolute Gasteiger partial charge is 0.255 e. The highest BCUT2D eigenvalue weighted by Crippen LogP contribution is 2.31. The van der Waals surface area contributed by atoms with Gasteiger partial charge in [0.05, 0.1) is 23.9 Å². The summed E-state index contributed by atoms with van der Waals surface area (Å²) in [5, 5.41) is 22.5. The Kier molecular flexibility index (Phi) is 3.12. The molecule has 1 heterocycles. The van der Waals surface area contributed by atoms with E-state index in [2.05, 4.69) is 10.3 Å². The van der Waals surface area contributed by atoms with Crippen LogP contribution in [0, 0.1) is 0 Å². The maximum Gasteiger partial charge on any atom is 0.255 e. The average Bonchev–Trinajstić information content (AvgIpc) is 2.76. The van der Waals surface area contributed by atoms with E-state index in [1.807, 2.05) is 24.3 Å². The molecule has 0 saturated heterocycles. The fourth-order valence-electron chi connectivity index (χ4n) is 2.54. The number of amides is 1. The van der Waals surface area contributed by atoms with Gasteiger partial charge in [-0.1, -0.05) is 24.3 Å². The minimum atomic E-state index is -0.652. The molecule has 0 fully saturated rings. The highest BCUT2D eigenvalue weighted by Gasteiger charge is 2.32. The van der Waals surface area contributed by atoms with Gasteiger partial charge in [0.2, 0.25) is 0 Å². The number of fused-ring (bicyclic) bond motifs is 1. The van der Waals surface area contributed by atoms with Crippen molar-refractivity contribution in [3.8, 4) is 5.75 Å². The molecule has 0 saturated carbocycles. The number of nitrogens with zero attached hydrogens (tertiary/aromatic N) is 1. The summed E-state index contributed by atoms with van der Waals surface area (Å²) in [5.41, 5.74) is 2.10. The summed E-state index contributed by atoms with van der Waals surface area (Å²) in [6.07, 6.45) is 2.52. The number of hydrogen-bond donors (Lipinski definition) is 3. The van der Waals surface area contributed by atoms with E-state index < -0.39 is 18.1 Å². The monoisotopic (exact) mass is 270 g/mol. The Balaban J connectivity index is 1.85. The first kappa shape index (κ1) is 12.6. The van der Waals surface area contributed by atoms with E-state index in [0.29, 0.717) is 6.42 Å². The van der Waals surface area contributed by atoms with Gasteiger partial charge in [-0.3, -0.25) is 9.78 Å². The molecule has 0 unspecified atom stereocenters. The lowest BCUT2D eigenvalue weighted by molar-refractivity contribution is 0.0855. The maximum absolute atomic E-state index is 12.2. The molecule has 0 spiro atoms. The van der Waals surface area contributed by atoms with Crippen LogP contribution in [-0.4, -0.2) is 27.2 Å². The summed E-state index contributed by atoms with van der Waals surface area (Å²) < 4.78 is 0. The van der Waals surface area contributed by atoms with Crippen molar-refractivity contribution in [3.63, 3.8) is 0 Å². The van der Waals surface area contributed by atoms with Crippen molar-refractivity contribution < 1.29 is 15.0 Å². The summed E-state index contributed by atoms with van der Waals surface area (Å²) in [4.78, 5) is 15.9. The Morgan fingerprint density at radius 2 is 2.10 bits per heavy atom. The van der Waals surface area contributed by atoms with Crippen molar-refractivity contribution in [3.05, 3.63) is 59.4 Å². The van der Waals surface area contributed by atoms with Gasteiger partial charge in [-0.15, -0.1) is 0 Å². The third-order valence-corrected chi connectivity index (χ3v) is 3.54. The van der Waals surface area contributed by atoms with Gasteiger partial charge in [-0.2, -0.15) is 0 Å². The zero-order valence-electron chi connectivity index (χ0n) is 10.7. The van der Waals surface area contributed by atoms with E-state index in [1.54, 1.807) is 0 Å². The average molecular weight is 270 g/mol. The molecule has 3 N–H and O–H groups in total. The number of aromatic nitrogens is 1. The third kappa shape index (κ3) is 2.12. The second kappa shape index (κ2) is 4.94. The van der Waals surface area contributed by atoms with Crippen LogP contribution in [0.1, 0.15) is 27.5 Å². The van der Waals surface area contributed by atoms with E-state index in [4.69, 9.17) is 0 Å². The fraction of sp³-hybridized carbons (Fsp3) is 0.200. The predicted octanol–water partition coefficient (Wildman–Crippen LogP) is 1.18. The van der Waals surface area contributed by atoms with Crippen LogP contribution < -0.4 is 5.32 Å². The zero-order valence-corrected chi connectivity index (χ0v) is 10.7. The van der Waals surface area contributed by atoms with E-state index in [9.17, 15) is 15.0 Å². The van der Waals surface area contributed by atoms with Gasteiger partial charge in [-0.05, 0) is 17.2 Å². The first-order valence-electron chi connectivity index (χ1n) is 6.36. The molecule has 0 radical (unpaired) electrons. The van der Waals surface area contributed by atoms with Gasteiger partial charge in [0.1, 0.15) is 5.75 Å². The van der Waals surface area contributed by atoms with E-state index >= 15 is 0 Å². The first-order valence-corrected chi connectivity index (χ1v) is 6.36. The molecule has 5 nitrogen and oxygen atoms in total. The molecule has 2 aromatic rings. The molecule has 1 aromatic heterocycles. The Morgan fingerprint density at radius 3 is 2.90 bits per heavy atom. The van der Waals surface area contributed by atoms with Crippen molar-refractivity contribution in [2.75, 3.05) is 0 Å². The highest BCUT2D eigenvalue weighted by atomic mass is 16.3. The van der Waals surface area contributed by atoms with E-state index in [-0.39, 0.29) is 11.3 Å². The van der Waals surface area contributed by atoms with Gasteiger partial charge in [-0.25, -0.2) is 0 Å². The molecule has 3 rings (SSSR count). The second-order valence-electron chi connectivity index (χ2n) is 4.81. The molecule has 20 heavy (non-hydrogen) atoms. The number of aliphatic hydroxyl groups excluding tert-OH is 1. The molecule has 1 aliphatic carbocycles. The molecule has 1 aliphatic rings. The number of rotatable bonds is 2. The molecular formula is C15H14N2O3. The number of carbonyl (C=O) groups excluding carboxylic acids is 1. The Hall–Kier alpha value is -2.40. The molecule has 1 aromatic carbocycles. The van der Waals surface area contributed by atoms with Crippen molar-refractivity contribution in [1.82, 2.24) is 10.3 Å². The lowest BCUT2D eigenvalue weighted by Crippen LogP contribution is -2.33. The normalized spacial score (nSPS) is 20.4. The molecule has 0 aliphatic heterocycles. The van der Waals surface area contributed by atoms with E-state index in [1.165, 1.54) is 18.5 Å². The Morgan fingerprint density at radius 1 is 1.30 bits per heavy atom. The van der Waals surface area contributed by atoms with Crippen molar-refractivity contribution in [1.29, 1.82) is 0 Å². The van der Waals surface area contributed by atoms with Gasteiger partial charge in [0.25, 0.3) is 5.91 Å². The quantitative estimate of drug-likeness (QED) is 0.765. The molecule has 2 atom stereocenters. The standard InChI is InChI=1S/C15H14N2O3/c18-12-7-9-3-1-2-4-10(9)14(12)17-15(20)11-5-6-16-8-13(11)19/h1-6,8,12,14,18-19H,7H2,(H,17,20)/t12-,14+/m1/s1. The molecular weight excluding hydrogens is 256 g/mol. The van der Waals surface area contributed by atoms with Crippen LogP contribution in [0.3, 0.4) is 0 Å². The maximum atomic E-state index is 12.2. The van der Waals surface area contributed by atoms with Crippen LogP contribution in [0.15, 0.2) is 42.7 Å². The first-order chi connectivity index (χ1) is 9.66. The summed E-state index contributed by atoms with van der Waals surface area (Å²) in [5.74, 6) is -0.601. The Labute approximate surface area is 115 Å². The minimum absolute atomic E-state index is 0.150. The zero-order chi connectivity index (χ0) is 14.1. The lowest BCUT2D eigenvalue weighted by Gasteiger charge is -2.18. The number of carbonyl (C=O) groups is 1. The van der Waals surface area contributed by atoms with Gasteiger partial charge in [0.15, 0.2) is 0 Å². The number of benzene rings is 1. The molecule has 1 amide bonds. The van der Waals surface area contributed by atoms with Crippen LogP contribution in [0.4, 0.5) is 0 Å². The SMILES string of the molecule is O=C(N[C@H]1c2ccccc2C[C@H]1O)c1ccncc1O. The molecule has 5 heteroatoms. The number of aliphatic hydroxyl groups is 1.